The molecule has 0 saturated heterocycles. The molecule has 2 rings (SSSR count). The van der Waals surface area contributed by atoms with E-state index in [1.54, 1.807) is 38.5 Å². The molecule has 1 N–H and O–H groups in total. The van der Waals surface area contributed by atoms with E-state index in [0.717, 1.165) is 5.56 Å². The van der Waals surface area contributed by atoms with Crippen molar-refractivity contribution in [2.24, 2.45) is 0 Å². The molecule has 0 aliphatic rings. The molecular formula is C15H16F2N2. The lowest BCUT2D eigenvalue weighted by molar-refractivity contribution is 0.469. The predicted octanol–water partition coefficient (Wildman–Crippen LogP) is 3.17. The number of likely N-dealkylation sites (N-methyl/N-ethyl adjacent to an activating group) is 1. The third-order valence-electron chi connectivity index (χ3n) is 3.19. The normalized spacial score (nSPS) is 12.4. The van der Waals surface area contributed by atoms with Crippen LogP contribution in [0.25, 0.3) is 0 Å². The Morgan fingerprint density at radius 3 is 2.63 bits per heavy atom. The van der Waals surface area contributed by atoms with Gasteiger partial charge in [0.25, 0.3) is 0 Å². The van der Waals surface area contributed by atoms with Crippen LogP contribution >= 0.6 is 0 Å². The standard InChI is InChI=1S/C15H16F2N2/c1-10-5-6-12(15(17)14(10)16)13(18-2)8-11-4-3-7-19-9-11/h3-7,9,13,18H,8H2,1-2H3. The molecule has 0 bridgehead atoms. The van der Waals surface area contributed by atoms with Crippen LogP contribution in [0.1, 0.15) is 22.7 Å². The molecule has 0 saturated carbocycles. The first-order valence-corrected chi connectivity index (χ1v) is 6.14. The van der Waals surface area contributed by atoms with E-state index < -0.39 is 11.6 Å². The highest BCUT2D eigenvalue weighted by Gasteiger charge is 2.18. The van der Waals surface area contributed by atoms with Crippen molar-refractivity contribution in [1.82, 2.24) is 10.3 Å². The quantitative estimate of drug-likeness (QED) is 0.915. The summed E-state index contributed by atoms with van der Waals surface area (Å²) in [6.45, 7) is 1.55. The van der Waals surface area contributed by atoms with E-state index in [4.69, 9.17) is 0 Å². The van der Waals surface area contributed by atoms with Gasteiger partial charge in [0.05, 0.1) is 0 Å². The van der Waals surface area contributed by atoms with Crippen molar-refractivity contribution in [2.75, 3.05) is 7.05 Å². The van der Waals surface area contributed by atoms with E-state index in [9.17, 15) is 8.78 Å². The first-order chi connectivity index (χ1) is 9.13. The van der Waals surface area contributed by atoms with E-state index in [2.05, 4.69) is 10.3 Å². The Morgan fingerprint density at radius 2 is 2.00 bits per heavy atom. The predicted molar refractivity (Wildman–Crippen MR) is 70.8 cm³/mol. The molecule has 0 aliphatic heterocycles. The topological polar surface area (TPSA) is 24.9 Å². The molecular weight excluding hydrogens is 246 g/mol. The number of nitrogens with zero attached hydrogens (tertiary/aromatic N) is 1. The first kappa shape index (κ1) is 13.6. The summed E-state index contributed by atoms with van der Waals surface area (Å²) in [7, 11) is 1.73. The summed E-state index contributed by atoms with van der Waals surface area (Å²) in [5.74, 6) is -1.55. The first-order valence-electron chi connectivity index (χ1n) is 6.14. The summed E-state index contributed by atoms with van der Waals surface area (Å²) in [5, 5.41) is 3.02. The zero-order chi connectivity index (χ0) is 13.8. The fraction of sp³-hybridized carbons (Fsp3) is 0.267. The van der Waals surface area contributed by atoms with Crippen molar-refractivity contribution in [3.8, 4) is 0 Å². The van der Waals surface area contributed by atoms with Crippen molar-refractivity contribution in [3.05, 3.63) is 65.0 Å². The van der Waals surface area contributed by atoms with Gasteiger partial charge in [0.15, 0.2) is 11.6 Å². The molecule has 0 radical (unpaired) electrons. The Labute approximate surface area is 111 Å². The molecule has 19 heavy (non-hydrogen) atoms. The van der Waals surface area contributed by atoms with Gasteiger partial charge in [-0.1, -0.05) is 18.2 Å². The van der Waals surface area contributed by atoms with Gasteiger partial charge in [-0.15, -0.1) is 0 Å². The van der Waals surface area contributed by atoms with Gasteiger partial charge in [-0.25, -0.2) is 8.78 Å². The van der Waals surface area contributed by atoms with E-state index in [1.807, 2.05) is 12.1 Å². The molecule has 2 nitrogen and oxygen atoms in total. The second kappa shape index (κ2) is 5.89. The Bertz CT molecular complexity index is 556. The largest absolute Gasteiger partial charge is 0.313 e. The lowest BCUT2D eigenvalue weighted by Crippen LogP contribution is -2.20. The average Bonchev–Trinajstić information content (AvgIpc) is 2.44. The van der Waals surface area contributed by atoms with Gasteiger partial charge in [-0.2, -0.15) is 0 Å². The van der Waals surface area contributed by atoms with E-state index in [-0.39, 0.29) is 6.04 Å². The second-order valence-corrected chi connectivity index (χ2v) is 4.51. The van der Waals surface area contributed by atoms with Gasteiger partial charge in [-0.05, 0) is 37.6 Å². The van der Waals surface area contributed by atoms with E-state index in [0.29, 0.717) is 17.5 Å². The Balaban J connectivity index is 2.30. The third-order valence-corrected chi connectivity index (χ3v) is 3.19. The second-order valence-electron chi connectivity index (χ2n) is 4.51. The maximum atomic E-state index is 14.0. The minimum Gasteiger partial charge on any atom is -0.313 e. The molecule has 1 heterocycles. The molecule has 0 spiro atoms. The van der Waals surface area contributed by atoms with Gasteiger partial charge >= 0.3 is 0 Å². The maximum Gasteiger partial charge on any atom is 0.163 e. The smallest absolute Gasteiger partial charge is 0.163 e. The molecule has 1 atom stereocenters. The monoisotopic (exact) mass is 262 g/mol. The van der Waals surface area contributed by atoms with Crippen molar-refractivity contribution in [2.45, 2.75) is 19.4 Å². The molecule has 0 fully saturated rings. The number of pyridine rings is 1. The van der Waals surface area contributed by atoms with Crippen LogP contribution in [-0.2, 0) is 6.42 Å². The SMILES string of the molecule is CNC(Cc1cccnc1)c1ccc(C)c(F)c1F. The van der Waals surface area contributed by atoms with Crippen LogP contribution in [0.4, 0.5) is 8.78 Å². The summed E-state index contributed by atoms with van der Waals surface area (Å²) in [4.78, 5) is 4.02. The number of benzene rings is 1. The molecule has 2 aromatic rings. The number of halogens is 2. The Morgan fingerprint density at radius 1 is 1.21 bits per heavy atom. The fourth-order valence-electron chi connectivity index (χ4n) is 2.05. The molecule has 1 aromatic carbocycles. The molecule has 1 unspecified atom stereocenters. The van der Waals surface area contributed by atoms with Gasteiger partial charge in [0.2, 0.25) is 0 Å². The highest BCUT2D eigenvalue weighted by atomic mass is 19.2. The van der Waals surface area contributed by atoms with Crippen molar-refractivity contribution in [1.29, 1.82) is 0 Å². The van der Waals surface area contributed by atoms with E-state index in [1.165, 1.54) is 0 Å². The van der Waals surface area contributed by atoms with Gasteiger partial charge < -0.3 is 5.32 Å². The zero-order valence-electron chi connectivity index (χ0n) is 11.0. The number of aromatic nitrogens is 1. The summed E-state index contributed by atoms with van der Waals surface area (Å²) in [6, 6.07) is 6.69. The van der Waals surface area contributed by atoms with Crippen LogP contribution in [0, 0.1) is 18.6 Å². The molecule has 0 aliphatic carbocycles. The maximum absolute atomic E-state index is 14.0. The van der Waals surface area contributed by atoms with Crippen LogP contribution < -0.4 is 5.32 Å². The molecule has 1 aromatic heterocycles. The third kappa shape index (κ3) is 2.96. The van der Waals surface area contributed by atoms with Gasteiger partial charge in [0.1, 0.15) is 0 Å². The highest BCUT2D eigenvalue weighted by molar-refractivity contribution is 5.29. The number of rotatable bonds is 4. The summed E-state index contributed by atoms with van der Waals surface area (Å²) in [6.07, 6.45) is 3.97. The summed E-state index contributed by atoms with van der Waals surface area (Å²) < 4.78 is 27.6. The zero-order valence-corrected chi connectivity index (χ0v) is 11.0. The van der Waals surface area contributed by atoms with Crippen molar-refractivity contribution >= 4 is 0 Å². The molecule has 100 valence electrons. The number of aryl methyl sites for hydroxylation is 1. The highest BCUT2D eigenvalue weighted by Crippen LogP contribution is 2.24. The number of nitrogens with one attached hydrogen (secondary N) is 1. The fourth-order valence-corrected chi connectivity index (χ4v) is 2.05. The van der Waals surface area contributed by atoms with Crippen LogP contribution in [0.2, 0.25) is 0 Å². The average molecular weight is 262 g/mol. The van der Waals surface area contributed by atoms with Crippen LogP contribution in [0.3, 0.4) is 0 Å². The Kier molecular flexibility index (Phi) is 4.22. The Hall–Kier alpha value is -1.81. The minimum absolute atomic E-state index is 0.278. The van der Waals surface area contributed by atoms with Gasteiger partial charge in [-0.3, -0.25) is 4.98 Å². The van der Waals surface area contributed by atoms with Gasteiger partial charge in [0, 0.05) is 24.0 Å². The lowest BCUT2D eigenvalue weighted by Gasteiger charge is -2.18. The van der Waals surface area contributed by atoms with Crippen LogP contribution in [-0.4, -0.2) is 12.0 Å². The number of hydrogen-bond acceptors (Lipinski definition) is 2. The van der Waals surface area contributed by atoms with Crippen LogP contribution in [0.5, 0.6) is 0 Å². The van der Waals surface area contributed by atoms with Crippen molar-refractivity contribution in [3.63, 3.8) is 0 Å². The minimum atomic E-state index is -0.775. The van der Waals surface area contributed by atoms with Crippen molar-refractivity contribution < 1.29 is 8.78 Å². The number of hydrogen-bond donors (Lipinski definition) is 1. The van der Waals surface area contributed by atoms with E-state index >= 15 is 0 Å². The summed E-state index contributed by atoms with van der Waals surface area (Å²) >= 11 is 0. The molecule has 0 amide bonds. The lowest BCUT2D eigenvalue weighted by atomic mass is 9.98. The van der Waals surface area contributed by atoms with Crippen LogP contribution in [0.15, 0.2) is 36.7 Å². The molecule has 4 heteroatoms. The summed E-state index contributed by atoms with van der Waals surface area (Å²) in [5.41, 5.74) is 1.63.